The molecule has 0 saturated carbocycles. The molecule has 11 nitrogen and oxygen atoms in total. The molecule has 12 heteroatoms. The first-order chi connectivity index (χ1) is 31.1. The zero-order valence-corrected chi connectivity index (χ0v) is 42.1. The maximum atomic E-state index is 13.5. The first kappa shape index (κ1) is 57.1. The third kappa shape index (κ3) is 26.2. The molecular weight excluding hydrogens is 827 g/mol. The predicted molar refractivity (Wildman–Crippen MR) is 262 cm³/mol. The van der Waals surface area contributed by atoms with Crippen molar-refractivity contribution in [1.82, 2.24) is 9.80 Å². The van der Waals surface area contributed by atoms with Crippen molar-refractivity contribution in [3.8, 4) is 0 Å². The van der Waals surface area contributed by atoms with Gasteiger partial charge in [-0.15, -0.1) is 11.3 Å². The van der Waals surface area contributed by atoms with Crippen molar-refractivity contribution in [2.45, 2.75) is 226 Å². The lowest BCUT2D eigenvalue weighted by atomic mass is 9.94. The molecule has 0 saturated heterocycles. The number of nitrogens with one attached hydrogen (secondary N) is 1. The summed E-state index contributed by atoms with van der Waals surface area (Å²) in [6, 6.07) is 0. The van der Waals surface area contributed by atoms with Crippen LogP contribution in [-0.2, 0) is 46.4 Å². The van der Waals surface area contributed by atoms with E-state index in [1.807, 2.05) is 23.9 Å². The molecule has 0 radical (unpaired) electrons. The van der Waals surface area contributed by atoms with Crippen LogP contribution in [0.3, 0.4) is 0 Å². The number of fused-ring (bicyclic) bond motifs is 1. The Morgan fingerprint density at radius 1 is 0.609 bits per heavy atom. The zero-order chi connectivity index (χ0) is 46.6. The van der Waals surface area contributed by atoms with Crippen LogP contribution in [-0.4, -0.2) is 86.5 Å². The number of hydrogen-bond acceptors (Lipinski definition) is 10. The summed E-state index contributed by atoms with van der Waals surface area (Å²) in [6.45, 7) is 9.44. The second kappa shape index (κ2) is 37.1. The minimum atomic E-state index is -0.452. The Kier molecular flexibility index (Phi) is 33.2. The molecule has 0 bridgehead atoms. The van der Waals surface area contributed by atoms with Crippen LogP contribution in [0.25, 0.3) is 0 Å². The Balaban J connectivity index is 1.82. The lowest BCUT2D eigenvalue weighted by Gasteiger charge is -2.27. The molecule has 1 aromatic rings. The third-order valence-electron chi connectivity index (χ3n) is 12.3. The van der Waals surface area contributed by atoms with E-state index in [1.54, 1.807) is 0 Å². The van der Waals surface area contributed by atoms with Crippen molar-refractivity contribution in [2.75, 3.05) is 52.3 Å². The van der Waals surface area contributed by atoms with Crippen molar-refractivity contribution in [2.24, 2.45) is 5.92 Å². The van der Waals surface area contributed by atoms with Gasteiger partial charge in [0.05, 0.1) is 37.8 Å². The molecule has 0 fully saturated rings. The number of amides is 2. The van der Waals surface area contributed by atoms with Crippen molar-refractivity contribution >= 4 is 46.1 Å². The van der Waals surface area contributed by atoms with Crippen LogP contribution in [0, 0.1) is 5.92 Å². The van der Waals surface area contributed by atoms with E-state index in [9.17, 15) is 24.0 Å². The molecule has 1 aromatic heterocycles. The monoisotopic (exact) mass is 918 g/mol. The number of unbranched alkanes of at least 4 members (excludes halogenated alkanes) is 19. The highest BCUT2D eigenvalue weighted by Gasteiger charge is 2.31. The molecule has 1 atom stereocenters. The van der Waals surface area contributed by atoms with Crippen LogP contribution in [0.15, 0.2) is 0 Å². The van der Waals surface area contributed by atoms with E-state index in [-0.39, 0.29) is 49.1 Å². The van der Waals surface area contributed by atoms with Gasteiger partial charge in [0.2, 0.25) is 11.8 Å². The van der Waals surface area contributed by atoms with E-state index in [2.05, 4.69) is 26.1 Å². The first-order valence-electron chi connectivity index (χ1n) is 26.0. The molecule has 2 amide bonds. The van der Waals surface area contributed by atoms with Crippen molar-refractivity contribution in [3.63, 3.8) is 0 Å². The Hall–Kier alpha value is -2.99. The van der Waals surface area contributed by atoms with Gasteiger partial charge in [0.1, 0.15) is 5.00 Å². The van der Waals surface area contributed by atoms with Crippen LogP contribution in [0.1, 0.15) is 234 Å². The van der Waals surface area contributed by atoms with Gasteiger partial charge in [0.25, 0.3) is 0 Å². The average Bonchev–Trinajstić information content (AvgIpc) is 3.64. The highest BCUT2D eigenvalue weighted by molar-refractivity contribution is 7.17. The van der Waals surface area contributed by atoms with Gasteiger partial charge < -0.3 is 29.3 Å². The smallest absolute Gasteiger partial charge is 0.341 e. The topological polar surface area (TPSA) is 132 Å². The maximum absolute atomic E-state index is 13.5. The van der Waals surface area contributed by atoms with Crippen LogP contribution < -0.4 is 5.32 Å². The summed E-state index contributed by atoms with van der Waals surface area (Å²) in [5.74, 6) is -0.890. The Bertz CT molecular complexity index is 1430. The normalized spacial score (nSPS) is 12.9. The fourth-order valence-electron chi connectivity index (χ4n) is 8.33. The number of esters is 3. The first-order valence-corrected chi connectivity index (χ1v) is 26.8. The van der Waals surface area contributed by atoms with Gasteiger partial charge in [-0.3, -0.25) is 19.2 Å². The Morgan fingerprint density at radius 2 is 1.12 bits per heavy atom. The zero-order valence-electron chi connectivity index (χ0n) is 41.3. The van der Waals surface area contributed by atoms with Crippen LogP contribution in [0.4, 0.5) is 5.00 Å². The summed E-state index contributed by atoms with van der Waals surface area (Å²) in [5, 5.41) is 3.44. The second-order valence-corrected chi connectivity index (χ2v) is 19.6. The number of anilines is 1. The Morgan fingerprint density at radius 3 is 1.75 bits per heavy atom. The third-order valence-corrected chi connectivity index (χ3v) is 13.5. The molecule has 1 unspecified atom stereocenters. The fraction of sp³-hybridized carbons (Fsp3) is 0.827. The molecule has 2 heterocycles. The average molecular weight is 918 g/mol. The van der Waals surface area contributed by atoms with E-state index >= 15 is 0 Å². The molecular formula is C52H91N3O8S. The molecule has 1 N–H and O–H groups in total. The SMILES string of the molecule is CCCCCCCCCCCOC(=O)CCCCC(=O)Nc1sc2c(c1C(=O)OCCCN(C)C)CCN(C(=O)CCCCCOC(=O)C(CCCCCC)CCCCCCCC)C2. The molecule has 1 aliphatic heterocycles. The van der Waals surface area contributed by atoms with Gasteiger partial charge in [-0.2, -0.15) is 0 Å². The number of carbonyl (C=O) groups excluding carboxylic acids is 5. The van der Waals surface area contributed by atoms with Gasteiger partial charge in [-0.1, -0.05) is 136 Å². The maximum Gasteiger partial charge on any atom is 0.341 e. The van der Waals surface area contributed by atoms with E-state index < -0.39 is 5.97 Å². The number of carbonyl (C=O) groups is 5. The number of thiophene rings is 1. The Labute approximate surface area is 393 Å². The van der Waals surface area contributed by atoms with Gasteiger partial charge in [-0.05, 0) is 83.9 Å². The molecule has 0 aliphatic carbocycles. The molecule has 0 aromatic carbocycles. The lowest BCUT2D eigenvalue weighted by Crippen LogP contribution is -2.35. The van der Waals surface area contributed by atoms with E-state index in [0.717, 1.165) is 68.4 Å². The second-order valence-electron chi connectivity index (χ2n) is 18.5. The molecule has 64 heavy (non-hydrogen) atoms. The van der Waals surface area contributed by atoms with Gasteiger partial charge in [-0.25, -0.2) is 4.79 Å². The summed E-state index contributed by atoms with van der Waals surface area (Å²) in [7, 11) is 3.94. The fourth-order valence-corrected chi connectivity index (χ4v) is 9.59. The van der Waals surface area contributed by atoms with Gasteiger partial charge in [0, 0.05) is 37.2 Å². The highest BCUT2D eigenvalue weighted by Crippen LogP contribution is 2.38. The number of hydrogen-bond donors (Lipinski definition) is 1. The standard InChI is InChI=1S/C52H91N3O8S/c1-6-9-12-15-17-18-19-21-28-39-61-48(58)35-27-26-33-46(56)53-50-49(52(60)63-41-30-37-54(4)5)44-36-38-55(42-45(44)64-50)47(57)34-25-22-29-40-62-51(59)43(31-23-14-11-8-3)32-24-20-16-13-10-7-2/h43H,6-42H2,1-5H3,(H,53,56). The van der Waals surface area contributed by atoms with Crippen molar-refractivity contribution < 1.29 is 38.2 Å². The molecule has 1 aliphatic rings. The lowest BCUT2D eigenvalue weighted by molar-refractivity contribution is -0.149. The number of ether oxygens (including phenoxy) is 3. The summed E-state index contributed by atoms with van der Waals surface area (Å²) in [4.78, 5) is 70.2. The minimum Gasteiger partial charge on any atom is -0.466 e. The van der Waals surface area contributed by atoms with E-state index in [0.29, 0.717) is 75.4 Å². The highest BCUT2D eigenvalue weighted by atomic mass is 32.1. The quantitative estimate of drug-likeness (QED) is 0.0388. The van der Waals surface area contributed by atoms with Crippen molar-refractivity contribution in [3.05, 3.63) is 16.0 Å². The van der Waals surface area contributed by atoms with Gasteiger partial charge >= 0.3 is 17.9 Å². The van der Waals surface area contributed by atoms with E-state index in [1.165, 1.54) is 108 Å². The molecule has 0 spiro atoms. The summed E-state index contributed by atoms with van der Waals surface area (Å²) < 4.78 is 16.9. The number of rotatable bonds is 40. The van der Waals surface area contributed by atoms with Crippen molar-refractivity contribution in [1.29, 1.82) is 0 Å². The summed E-state index contributed by atoms with van der Waals surface area (Å²) in [5.41, 5.74) is 1.24. The van der Waals surface area contributed by atoms with E-state index in [4.69, 9.17) is 14.2 Å². The number of nitrogens with zero attached hydrogens (tertiary/aromatic N) is 2. The summed E-state index contributed by atoms with van der Waals surface area (Å²) in [6.07, 6.45) is 30.1. The van der Waals surface area contributed by atoms with Gasteiger partial charge in [0.15, 0.2) is 0 Å². The predicted octanol–water partition coefficient (Wildman–Crippen LogP) is 12.8. The molecule has 368 valence electrons. The minimum absolute atomic E-state index is 0.00795. The molecule has 2 rings (SSSR count). The van der Waals surface area contributed by atoms with Crippen LogP contribution >= 0.6 is 11.3 Å². The van der Waals surface area contributed by atoms with Crippen LogP contribution in [0.5, 0.6) is 0 Å². The largest absolute Gasteiger partial charge is 0.466 e. The van der Waals surface area contributed by atoms with Crippen LogP contribution in [0.2, 0.25) is 0 Å². The summed E-state index contributed by atoms with van der Waals surface area (Å²) >= 11 is 1.35.